The maximum absolute atomic E-state index is 12.8. The predicted molar refractivity (Wildman–Crippen MR) is 70.0 cm³/mol. The van der Waals surface area contributed by atoms with Crippen LogP contribution in [-0.4, -0.2) is 38.0 Å². The highest BCUT2D eigenvalue weighted by Gasteiger charge is 2.25. The average Bonchev–Trinajstić information content (AvgIpc) is 3.13. The standard InChI is InChI=1S/C14H19FN2O/c1-16(13-7-5-12(15)6-8-13)10-14(18)17(2)9-11-3-4-11/h5-8,11H,3-4,9-10H2,1-2H3. The van der Waals surface area contributed by atoms with Gasteiger partial charge in [0, 0.05) is 26.3 Å². The third kappa shape index (κ3) is 3.45. The largest absolute Gasteiger partial charge is 0.365 e. The van der Waals surface area contributed by atoms with Gasteiger partial charge < -0.3 is 9.80 Å². The smallest absolute Gasteiger partial charge is 0.241 e. The lowest BCUT2D eigenvalue weighted by atomic mass is 10.3. The van der Waals surface area contributed by atoms with E-state index in [0.717, 1.165) is 12.2 Å². The average molecular weight is 250 g/mol. The van der Waals surface area contributed by atoms with Crippen molar-refractivity contribution in [2.45, 2.75) is 12.8 Å². The van der Waals surface area contributed by atoms with Gasteiger partial charge in [-0.2, -0.15) is 0 Å². The van der Waals surface area contributed by atoms with Crippen LogP contribution in [0, 0.1) is 11.7 Å². The van der Waals surface area contributed by atoms with Crippen molar-refractivity contribution in [1.82, 2.24) is 4.90 Å². The predicted octanol–water partition coefficient (Wildman–Crippen LogP) is 2.13. The molecule has 3 nitrogen and oxygen atoms in total. The first-order valence-electron chi connectivity index (χ1n) is 6.27. The maximum atomic E-state index is 12.8. The number of rotatable bonds is 5. The van der Waals surface area contributed by atoms with Crippen molar-refractivity contribution in [3.8, 4) is 0 Å². The van der Waals surface area contributed by atoms with Crippen LogP contribution >= 0.6 is 0 Å². The van der Waals surface area contributed by atoms with Crippen LogP contribution in [0.15, 0.2) is 24.3 Å². The number of likely N-dealkylation sites (N-methyl/N-ethyl adjacent to an activating group) is 2. The second-order valence-corrected chi connectivity index (χ2v) is 5.05. The highest BCUT2D eigenvalue weighted by atomic mass is 19.1. The third-order valence-electron chi connectivity index (χ3n) is 3.29. The maximum Gasteiger partial charge on any atom is 0.241 e. The summed E-state index contributed by atoms with van der Waals surface area (Å²) in [5.41, 5.74) is 0.851. The van der Waals surface area contributed by atoms with Gasteiger partial charge in [-0.25, -0.2) is 4.39 Å². The van der Waals surface area contributed by atoms with Crippen molar-refractivity contribution < 1.29 is 9.18 Å². The number of hydrogen-bond donors (Lipinski definition) is 0. The lowest BCUT2D eigenvalue weighted by Crippen LogP contribution is -2.37. The molecule has 4 heteroatoms. The van der Waals surface area contributed by atoms with Gasteiger partial charge in [0.05, 0.1) is 6.54 Å². The Balaban J connectivity index is 1.87. The van der Waals surface area contributed by atoms with E-state index in [2.05, 4.69) is 0 Å². The monoisotopic (exact) mass is 250 g/mol. The normalized spacial score (nSPS) is 14.4. The highest BCUT2D eigenvalue weighted by Crippen LogP contribution is 2.29. The molecule has 1 amide bonds. The van der Waals surface area contributed by atoms with Gasteiger partial charge in [0.1, 0.15) is 5.82 Å². The molecule has 0 N–H and O–H groups in total. The molecule has 1 aliphatic carbocycles. The second-order valence-electron chi connectivity index (χ2n) is 5.05. The molecule has 0 spiro atoms. The minimum Gasteiger partial charge on any atom is -0.365 e. The van der Waals surface area contributed by atoms with Gasteiger partial charge in [0.15, 0.2) is 0 Å². The summed E-state index contributed by atoms with van der Waals surface area (Å²) >= 11 is 0. The molecule has 18 heavy (non-hydrogen) atoms. The van der Waals surface area contributed by atoms with Crippen LogP contribution in [0.25, 0.3) is 0 Å². The van der Waals surface area contributed by atoms with Crippen LogP contribution in [0.1, 0.15) is 12.8 Å². The molecule has 1 saturated carbocycles. The van der Waals surface area contributed by atoms with Gasteiger partial charge in [-0.3, -0.25) is 4.79 Å². The SMILES string of the molecule is CN(CC1CC1)C(=O)CN(C)c1ccc(F)cc1. The number of hydrogen-bond acceptors (Lipinski definition) is 2. The highest BCUT2D eigenvalue weighted by molar-refractivity contribution is 5.81. The first-order valence-corrected chi connectivity index (χ1v) is 6.27. The van der Waals surface area contributed by atoms with E-state index < -0.39 is 0 Å². The van der Waals surface area contributed by atoms with E-state index in [0.29, 0.717) is 12.5 Å². The van der Waals surface area contributed by atoms with Gasteiger partial charge >= 0.3 is 0 Å². The van der Waals surface area contributed by atoms with Crippen molar-refractivity contribution in [2.75, 3.05) is 32.1 Å². The van der Waals surface area contributed by atoms with E-state index in [1.54, 1.807) is 17.0 Å². The molecule has 98 valence electrons. The summed E-state index contributed by atoms with van der Waals surface area (Å²) in [4.78, 5) is 15.6. The van der Waals surface area contributed by atoms with Crippen LogP contribution < -0.4 is 4.90 Å². The van der Waals surface area contributed by atoms with Gasteiger partial charge in [0.25, 0.3) is 0 Å². The molecule has 0 bridgehead atoms. The number of carbonyl (C=O) groups is 1. The molecular weight excluding hydrogens is 231 g/mol. The second kappa shape index (κ2) is 5.38. The number of amides is 1. The van der Waals surface area contributed by atoms with E-state index in [-0.39, 0.29) is 11.7 Å². The summed E-state index contributed by atoms with van der Waals surface area (Å²) in [6, 6.07) is 6.18. The summed E-state index contributed by atoms with van der Waals surface area (Å²) in [6.07, 6.45) is 2.48. The molecule has 1 fully saturated rings. The molecule has 1 aromatic carbocycles. The molecule has 0 saturated heterocycles. The van der Waals surface area contributed by atoms with E-state index in [4.69, 9.17) is 0 Å². The van der Waals surface area contributed by atoms with Gasteiger partial charge in [-0.1, -0.05) is 0 Å². The summed E-state index contributed by atoms with van der Waals surface area (Å²) in [6.45, 7) is 1.19. The summed E-state index contributed by atoms with van der Waals surface area (Å²) < 4.78 is 12.8. The van der Waals surface area contributed by atoms with Crippen LogP contribution in [0.4, 0.5) is 10.1 Å². The zero-order chi connectivity index (χ0) is 13.1. The van der Waals surface area contributed by atoms with Gasteiger partial charge in [0.2, 0.25) is 5.91 Å². The van der Waals surface area contributed by atoms with Crippen molar-refractivity contribution >= 4 is 11.6 Å². The Bertz CT molecular complexity index is 414. The molecule has 2 rings (SSSR count). The Kier molecular flexibility index (Phi) is 3.84. The van der Waals surface area contributed by atoms with Crippen molar-refractivity contribution in [3.05, 3.63) is 30.1 Å². The lowest BCUT2D eigenvalue weighted by molar-refractivity contribution is -0.128. The topological polar surface area (TPSA) is 23.6 Å². The quantitative estimate of drug-likeness (QED) is 0.799. The van der Waals surface area contributed by atoms with Gasteiger partial charge in [-0.05, 0) is 43.0 Å². The number of carbonyl (C=O) groups excluding carboxylic acids is 1. The number of benzene rings is 1. The molecule has 0 radical (unpaired) electrons. The van der Waals surface area contributed by atoms with Crippen molar-refractivity contribution in [3.63, 3.8) is 0 Å². The zero-order valence-corrected chi connectivity index (χ0v) is 10.9. The Hall–Kier alpha value is -1.58. The molecule has 0 aromatic heterocycles. The molecule has 1 aliphatic rings. The Morgan fingerprint density at radius 2 is 1.89 bits per heavy atom. The Morgan fingerprint density at radius 1 is 1.28 bits per heavy atom. The molecular formula is C14H19FN2O. The first-order chi connectivity index (χ1) is 8.56. The van der Waals surface area contributed by atoms with Gasteiger partial charge in [-0.15, -0.1) is 0 Å². The summed E-state index contributed by atoms with van der Waals surface area (Å²) in [7, 11) is 3.69. The Labute approximate surface area is 107 Å². The van der Waals surface area contributed by atoms with E-state index in [9.17, 15) is 9.18 Å². The lowest BCUT2D eigenvalue weighted by Gasteiger charge is -2.23. The fraction of sp³-hybridized carbons (Fsp3) is 0.500. The van der Waals surface area contributed by atoms with Crippen LogP contribution in [0.5, 0.6) is 0 Å². The van der Waals surface area contributed by atoms with Crippen LogP contribution in [0.3, 0.4) is 0 Å². The molecule has 0 aliphatic heterocycles. The summed E-state index contributed by atoms with van der Waals surface area (Å²) in [5, 5.41) is 0. The number of anilines is 1. The fourth-order valence-corrected chi connectivity index (χ4v) is 1.90. The first kappa shape index (κ1) is 12.9. The van der Waals surface area contributed by atoms with Crippen LogP contribution in [-0.2, 0) is 4.79 Å². The van der Waals surface area contributed by atoms with Crippen molar-refractivity contribution in [2.24, 2.45) is 5.92 Å². The molecule has 0 atom stereocenters. The van der Waals surface area contributed by atoms with Crippen LogP contribution in [0.2, 0.25) is 0 Å². The minimum atomic E-state index is -0.260. The zero-order valence-electron chi connectivity index (χ0n) is 10.9. The number of nitrogens with zero attached hydrogens (tertiary/aromatic N) is 2. The third-order valence-corrected chi connectivity index (χ3v) is 3.29. The molecule has 0 heterocycles. The minimum absolute atomic E-state index is 0.105. The molecule has 0 unspecified atom stereocenters. The fourth-order valence-electron chi connectivity index (χ4n) is 1.90. The van der Waals surface area contributed by atoms with E-state index >= 15 is 0 Å². The van der Waals surface area contributed by atoms with E-state index in [1.807, 2.05) is 19.0 Å². The van der Waals surface area contributed by atoms with Crippen molar-refractivity contribution in [1.29, 1.82) is 0 Å². The molecule has 1 aromatic rings. The number of halogens is 1. The summed E-state index contributed by atoms with van der Waals surface area (Å²) in [5.74, 6) is 0.549. The Morgan fingerprint density at radius 3 is 2.44 bits per heavy atom. The van der Waals surface area contributed by atoms with E-state index in [1.165, 1.54) is 25.0 Å².